The fourth-order valence-corrected chi connectivity index (χ4v) is 6.26. The van der Waals surface area contributed by atoms with Crippen molar-refractivity contribution in [1.82, 2.24) is 29.9 Å². The number of benzene rings is 2. The number of aromatic nitrogens is 3. The number of anilines is 1. The molecule has 0 fully saturated rings. The summed E-state index contributed by atoms with van der Waals surface area (Å²) >= 11 is 5.83. The second kappa shape index (κ2) is 25.8. The zero-order valence-electron chi connectivity index (χ0n) is 36.5. The zero-order valence-corrected chi connectivity index (χ0v) is 39.0. The number of carbonyl (C=O) groups excluding carboxylic acids is 4. The quantitative estimate of drug-likeness (QED) is 0.0376. The predicted octanol–water partition coefficient (Wildman–Crippen LogP) is 4.06. The van der Waals surface area contributed by atoms with Gasteiger partial charge in [0.1, 0.15) is 17.1 Å². The number of halogens is 4. The van der Waals surface area contributed by atoms with Crippen molar-refractivity contribution >= 4 is 70.7 Å². The molecule has 4 rings (SSSR count). The highest BCUT2D eigenvalue weighted by Crippen LogP contribution is 2.37. The number of amides is 3. The molecule has 6 N–H and O–H groups in total. The normalized spacial score (nSPS) is 11.4. The van der Waals surface area contributed by atoms with Crippen LogP contribution >= 0.6 is 19.2 Å². The van der Waals surface area contributed by atoms with Crippen molar-refractivity contribution in [2.45, 2.75) is 31.2 Å². The number of pyridine rings is 1. The summed E-state index contributed by atoms with van der Waals surface area (Å²) in [6.07, 6.45) is -5.35. The summed E-state index contributed by atoms with van der Waals surface area (Å²) < 4.78 is 100.0. The standard InChI is InChI=1S/C19H15ClF3NO7.C15H18N6O6S.C3H8NO5P/c1-3-29-17(25)10(2)30-18(26)13-9-12(5-6-15(13)24(27)28)31-16-7-4-11(8-14(16)20)19(21,22)23;1-21(2)13(22)9-6-5-7-16-12(9)28(24,25)20-15(23)19-14-17-10(26-3)8-11(18-14)27-4;5-3(6)1-4-2-10(7,8)9/h4-10H,3H2,1-2H3;5-8H,1-4H3,(H2,17,18,19,20,23);4H,1-2H2,(H,5,6)(H2,7,8,9). The van der Waals surface area contributed by atoms with Gasteiger partial charge >= 0.3 is 37.7 Å². The van der Waals surface area contributed by atoms with Gasteiger partial charge in [0, 0.05) is 32.4 Å². The van der Waals surface area contributed by atoms with E-state index in [-0.39, 0.29) is 46.4 Å². The molecule has 0 aliphatic carbocycles. The second-order valence-electron chi connectivity index (χ2n) is 13.0. The molecule has 2 aromatic carbocycles. The van der Waals surface area contributed by atoms with Gasteiger partial charge in [-0.1, -0.05) is 11.6 Å². The molecule has 376 valence electrons. The first-order valence-electron chi connectivity index (χ1n) is 18.7. The molecular formula is C37H41ClF3N8O18PS. The number of nitro groups is 1. The fourth-order valence-electron chi connectivity index (χ4n) is 4.60. The van der Waals surface area contributed by atoms with Crippen LogP contribution in [0.25, 0.3) is 0 Å². The third-order valence-corrected chi connectivity index (χ3v) is 9.80. The third kappa shape index (κ3) is 19.1. The minimum Gasteiger partial charge on any atom is -0.481 e. The van der Waals surface area contributed by atoms with Crippen molar-refractivity contribution in [2.24, 2.45) is 0 Å². The molecule has 1 unspecified atom stereocenters. The smallest absolute Gasteiger partial charge is 0.416 e. The molecule has 0 aliphatic rings. The summed E-state index contributed by atoms with van der Waals surface area (Å²) in [6.45, 7) is 2.37. The fraction of sp³-hybridized carbons (Fsp3) is 0.297. The zero-order chi connectivity index (χ0) is 52.4. The van der Waals surface area contributed by atoms with Gasteiger partial charge in [0.2, 0.25) is 17.7 Å². The maximum Gasteiger partial charge on any atom is 0.416 e. The molecule has 0 aliphatic heterocycles. The van der Waals surface area contributed by atoms with E-state index in [1.165, 1.54) is 64.5 Å². The number of aliphatic carboxylic acids is 1. The van der Waals surface area contributed by atoms with Crippen molar-refractivity contribution in [2.75, 3.05) is 53.1 Å². The second-order valence-corrected chi connectivity index (χ2v) is 16.7. The number of nitrogens with zero attached hydrogens (tertiary/aromatic N) is 5. The molecule has 0 saturated heterocycles. The van der Waals surface area contributed by atoms with Crippen LogP contribution in [0.1, 0.15) is 40.1 Å². The molecule has 26 nitrogen and oxygen atoms in total. The number of sulfonamides is 1. The average Bonchev–Trinajstić information content (AvgIpc) is 3.25. The van der Waals surface area contributed by atoms with E-state index in [2.05, 4.69) is 25.6 Å². The minimum atomic E-state index is -4.61. The van der Waals surface area contributed by atoms with Gasteiger partial charge in [-0.3, -0.25) is 34.9 Å². The van der Waals surface area contributed by atoms with Crippen LogP contribution in [-0.4, -0.2) is 132 Å². The number of nitrogens with one attached hydrogen (secondary N) is 3. The van der Waals surface area contributed by atoms with Crippen LogP contribution in [0.2, 0.25) is 5.02 Å². The lowest BCUT2D eigenvalue weighted by molar-refractivity contribution is -0.385. The Balaban J connectivity index is 0.000000397. The number of carbonyl (C=O) groups is 5. The molecule has 0 radical (unpaired) electrons. The van der Waals surface area contributed by atoms with E-state index in [1.807, 2.05) is 0 Å². The van der Waals surface area contributed by atoms with Crippen LogP contribution < -0.4 is 29.6 Å². The van der Waals surface area contributed by atoms with Gasteiger partial charge in [0.25, 0.3) is 21.6 Å². The monoisotopic (exact) mass is 1040 g/mol. The lowest BCUT2D eigenvalue weighted by Gasteiger charge is -2.14. The van der Waals surface area contributed by atoms with E-state index in [4.69, 9.17) is 50.2 Å². The van der Waals surface area contributed by atoms with E-state index in [0.717, 1.165) is 30.3 Å². The molecule has 69 heavy (non-hydrogen) atoms. The molecule has 0 spiro atoms. The molecule has 2 heterocycles. The van der Waals surface area contributed by atoms with Gasteiger partial charge in [-0.05, 0) is 50.2 Å². The number of methoxy groups -OCH3 is 2. The maximum atomic E-state index is 12.8. The average molecular weight is 1040 g/mol. The van der Waals surface area contributed by atoms with E-state index in [0.29, 0.717) is 6.07 Å². The first-order chi connectivity index (χ1) is 32.0. The number of rotatable bonds is 17. The van der Waals surface area contributed by atoms with Crippen molar-refractivity contribution in [1.29, 1.82) is 0 Å². The maximum absolute atomic E-state index is 12.8. The van der Waals surface area contributed by atoms with Crippen LogP contribution in [0, 0.1) is 10.1 Å². The number of ether oxygens (including phenoxy) is 5. The lowest BCUT2D eigenvalue weighted by Crippen LogP contribution is -2.36. The highest BCUT2D eigenvalue weighted by atomic mass is 35.5. The molecule has 32 heteroatoms. The summed E-state index contributed by atoms with van der Waals surface area (Å²) in [6, 6.07) is 8.28. The molecule has 3 amide bonds. The number of alkyl halides is 3. The SMILES string of the molecule is CCOC(=O)C(C)OC(=O)c1cc(Oc2ccc(C(F)(F)F)cc2Cl)ccc1[N+](=O)[O-].COc1cc(OC)nc(NC(=O)NS(=O)(=O)c2ncccc2C(=O)N(C)C)n1.O=C(O)CNCP(=O)(O)O. The van der Waals surface area contributed by atoms with Gasteiger partial charge < -0.3 is 43.5 Å². The number of urea groups is 1. The van der Waals surface area contributed by atoms with Crippen molar-refractivity contribution in [3.8, 4) is 23.3 Å². The van der Waals surface area contributed by atoms with E-state index < -0.39 is 99.3 Å². The van der Waals surface area contributed by atoms with Crippen LogP contribution in [-0.2, 0) is 39.8 Å². The Morgan fingerprint density at radius 2 is 1.61 bits per heavy atom. The van der Waals surface area contributed by atoms with Gasteiger partial charge in [-0.15, -0.1) is 0 Å². The molecule has 2 aromatic heterocycles. The van der Waals surface area contributed by atoms with Crippen molar-refractivity contribution in [3.05, 3.63) is 92.6 Å². The van der Waals surface area contributed by atoms with E-state index in [9.17, 15) is 60.2 Å². The van der Waals surface area contributed by atoms with Gasteiger partial charge in [-0.2, -0.15) is 31.6 Å². The summed E-state index contributed by atoms with van der Waals surface area (Å²) in [5, 5.41) is 22.5. The van der Waals surface area contributed by atoms with E-state index >= 15 is 0 Å². The highest BCUT2D eigenvalue weighted by Gasteiger charge is 2.32. The number of carboxylic acid groups (broad SMARTS) is 1. The highest BCUT2D eigenvalue weighted by molar-refractivity contribution is 7.90. The molecule has 4 aromatic rings. The summed E-state index contributed by atoms with van der Waals surface area (Å²) in [5.41, 5.74) is -2.36. The Kier molecular flexibility index (Phi) is 21.6. The topological polar surface area (TPSA) is 365 Å². The number of hydrogen-bond acceptors (Lipinski definition) is 19. The van der Waals surface area contributed by atoms with Crippen molar-refractivity contribution in [3.63, 3.8) is 0 Å². The van der Waals surface area contributed by atoms with Gasteiger partial charge in [-0.25, -0.2) is 24.1 Å². The number of carboxylic acids is 1. The van der Waals surface area contributed by atoms with Gasteiger partial charge in [0.15, 0.2) is 11.1 Å². The van der Waals surface area contributed by atoms with Crippen LogP contribution in [0.15, 0.2) is 65.8 Å². The summed E-state index contributed by atoms with van der Waals surface area (Å²) in [4.78, 5) is 97.5. The van der Waals surface area contributed by atoms with Crippen LogP contribution in [0.4, 0.5) is 29.6 Å². The predicted molar refractivity (Wildman–Crippen MR) is 230 cm³/mol. The molecular weight excluding hydrogens is 1000 g/mol. The molecule has 1 atom stereocenters. The lowest BCUT2D eigenvalue weighted by atomic mass is 10.1. The van der Waals surface area contributed by atoms with Crippen LogP contribution in [0.3, 0.4) is 0 Å². The number of hydrogen-bond donors (Lipinski definition) is 6. The third-order valence-electron chi connectivity index (χ3n) is 7.58. The Hall–Kier alpha value is -7.24. The summed E-state index contributed by atoms with van der Waals surface area (Å²) in [5.74, 6) is -4.16. The molecule has 0 saturated carbocycles. The molecule has 0 bridgehead atoms. The Labute approximate surface area is 393 Å². The van der Waals surface area contributed by atoms with Crippen LogP contribution in [0.5, 0.6) is 23.3 Å². The first kappa shape index (κ1) is 57.9. The Morgan fingerprint density at radius 3 is 2.12 bits per heavy atom. The Morgan fingerprint density at radius 1 is 0.986 bits per heavy atom. The first-order valence-corrected chi connectivity index (χ1v) is 22.3. The van der Waals surface area contributed by atoms with Gasteiger partial charge in [0.05, 0.1) is 60.8 Å². The largest absolute Gasteiger partial charge is 0.481 e. The van der Waals surface area contributed by atoms with E-state index in [1.54, 1.807) is 11.6 Å². The summed E-state index contributed by atoms with van der Waals surface area (Å²) in [7, 11) is -2.94. The number of esters is 2. The Bertz CT molecular complexity index is 2660. The minimum absolute atomic E-state index is 0.0398. The van der Waals surface area contributed by atoms with Crippen molar-refractivity contribution < 1.29 is 93.6 Å². The number of nitro benzene ring substituents is 1.